The minimum absolute atomic E-state index is 0.147. The van der Waals surface area contributed by atoms with Gasteiger partial charge in [0.15, 0.2) is 11.5 Å². The van der Waals surface area contributed by atoms with Gasteiger partial charge in [-0.3, -0.25) is 4.79 Å². The molecule has 2 aromatic heterocycles. The number of aromatic nitrogens is 3. The molecule has 0 saturated carbocycles. The Morgan fingerprint density at radius 1 is 1.09 bits per heavy atom. The lowest BCUT2D eigenvalue weighted by Gasteiger charge is -2.27. The Hall–Kier alpha value is -3.60. The summed E-state index contributed by atoms with van der Waals surface area (Å²) in [6, 6.07) is 6.83. The van der Waals surface area contributed by atoms with Crippen LogP contribution in [-0.4, -0.2) is 52.9 Å². The summed E-state index contributed by atoms with van der Waals surface area (Å²) in [5, 5.41) is 3.99. The summed E-state index contributed by atoms with van der Waals surface area (Å²) in [6.07, 6.45) is -2.30. The second-order valence-corrected chi connectivity index (χ2v) is 8.04. The molecular formula is C23H20F3N5O3. The number of fused-ring (bicyclic) bond motifs is 1. The van der Waals surface area contributed by atoms with Crippen LogP contribution in [0.25, 0.3) is 0 Å². The van der Waals surface area contributed by atoms with Crippen LogP contribution in [0.4, 0.5) is 24.7 Å². The monoisotopic (exact) mass is 471 g/mol. The number of alkyl halides is 3. The van der Waals surface area contributed by atoms with Gasteiger partial charge in [0.25, 0.3) is 0 Å². The van der Waals surface area contributed by atoms with Gasteiger partial charge in [0.1, 0.15) is 17.8 Å². The first-order valence-electron chi connectivity index (χ1n) is 10.8. The predicted octanol–water partition coefficient (Wildman–Crippen LogP) is 3.81. The third-order valence-electron chi connectivity index (χ3n) is 5.75. The highest BCUT2D eigenvalue weighted by Gasteiger charge is 2.32. The molecule has 4 heterocycles. The summed E-state index contributed by atoms with van der Waals surface area (Å²) < 4.78 is 49.6. The smallest absolute Gasteiger partial charge is 0.378 e. The maximum atomic E-state index is 13.0. The number of anilines is 1. The Bertz CT molecular complexity index is 1250. The fourth-order valence-corrected chi connectivity index (χ4v) is 3.92. The average Bonchev–Trinajstić information content (AvgIpc) is 3.49. The lowest BCUT2D eigenvalue weighted by Crippen LogP contribution is -2.36. The van der Waals surface area contributed by atoms with Crippen molar-refractivity contribution in [3.63, 3.8) is 0 Å². The fourth-order valence-electron chi connectivity index (χ4n) is 3.92. The number of carbonyl (C=O) groups is 1. The lowest BCUT2D eigenvalue weighted by atomic mass is 10.0. The third-order valence-corrected chi connectivity index (χ3v) is 5.75. The SMILES string of the molecule is O=C(CCc1cc(C2=Nc3ccc(C(F)(F)F)cc3C2)on1)c1cc(N2CCOCC2)ncn1. The molecule has 8 nitrogen and oxygen atoms in total. The fraction of sp³-hybridized carbons (Fsp3) is 0.348. The van der Waals surface area contributed by atoms with E-state index in [1.807, 2.05) is 4.90 Å². The number of ether oxygens (including phenoxy) is 1. The third kappa shape index (κ3) is 4.69. The quantitative estimate of drug-likeness (QED) is 0.505. The van der Waals surface area contributed by atoms with Crippen LogP contribution >= 0.6 is 0 Å². The molecule has 0 bridgehead atoms. The van der Waals surface area contributed by atoms with E-state index >= 15 is 0 Å². The van der Waals surface area contributed by atoms with E-state index < -0.39 is 11.7 Å². The molecule has 2 aliphatic heterocycles. The van der Waals surface area contributed by atoms with Crippen molar-refractivity contribution in [3.8, 4) is 0 Å². The summed E-state index contributed by atoms with van der Waals surface area (Å²) in [7, 11) is 0. The molecule has 0 amide bonds. The number of hydrogen-bond acceptors (Lipinski definition) is 8. The highest BCUT2D eigenvalue weighted by Crippen LogP contribution is 2.36. The zero-order valence-electron chi connectivity index (χ0n) is 18.0. The number of morpholine rings is 1. The maximum Gasteiger partial charge on any atom is 0.416 e. The van der Waals surface area contributed by atoms with E-state index in [9.17, 15) is 18.0 Å². The molecule has 0 spiro atoms. The van der Waals surface area contributed by atoms with Gasteiger partial charge in [0.05, 0.1) is 35.9 Å². The number of nitrogens with zero attached hydrogens (tertiary/aromatic N) is 5. The molecule has 176 valence electrons. The minimum Gasteiger partial charge on any atom is -0.378 e. The van der Waals surface area contributed by atoms with E-state index in [1.54, 1.807) is 12.1 Å². The summed E-state index contributed by atoms with van der Waals surface area (Å²) in [4.78, 5) is 27.4. The Kier molecular flexibility index (Phi) is 5.86. The number of ketones is 1. The van der Waals surface area contributed by atoms with Crippen molar-refractivity contribution in [3.05, 3.63) is 64.9 Å². The summed E-state index contributed by atoms with van der Waals surface area (Å²) in [5.41, 5.74) is 1.65. The minimum atomic E-state index is -4.41. The summed E-state index contributed by atoms with van der Waals surface area (Å²) in [5.74, 6) is 0.925. The molecule has 0 aliphatic carbocycles. The van der Waals surface area contributed by atoms with Crippen LogP contribution in [0.1, 0.15) is 39.5 Å². The van der Waals surface area contributed by atoms with Gasteiger partial charge in [-0.05, 0) is 23.8 Å². The van der Waals surface area contributed by atoms with Crippen molar-refractivity contribution in [2.75, 3.05) is 31.2 Å². The van der Waals surface area contributed by atoms with E-state index in [0.29, 0.717) is 72.7 Å². The van der Waals surface area contributed by atoms with Crippen LogP contribution in [-0.2, 0) is 23.8 Å². The van der Waals surface area contributed by atoms with Gasteiger partial charge in [-0.15, -0.1) is 0 Å². The number of Topliss-reactive ketones (excluding diaryl/α,β-unsaturated/α-hetero) is 1. The summed E-state index contributed by atoms with van der Waals surface area (Å²) >= 11 is 0. The Labute approximate surface area is 192 Å². The molecule has 0 radical (unpaired) electrons. The highest BCUT2D eigenvalue weighted by atomic mass is 19.4. The lowest BCUT2D eigenvalue weighted by molar-refractivity contribution is -0.137. The van der Waals surface area contributed by atoms with E-state index in [0.717, 1.165) is 12.1 Å². The van der Waals surface area contributed by atoms with Crippen LogP contribution in [0.15, 0.2) is 46.2 Å². The van der Waals surface area contributed by atoms with Crippen molar-refractivity contribution in [1.29, 1.82) is 0 Å². The maximum absolute atomic E-state index is 13.0. The molecule has 1 saturated heterocycles. The number of aryl methyl sites for hydroxylation is 1. The van der Waals surface area contributed by atoms with E-state index in [1.165, 1.54) is 12.4 Å². The number of hydrogen-bond donors (Lipinski definition) is 0. The largest absolute Gasteiger partial charge is 0.416 e. The van der Waals surface area contributed by atoms with E-state index in [2.05, 4.69) is 20.1 Å². The first-order valence-corrected chi connectivity index (χ1v) is 10.8. The second kappa shape index (κ2) is 8.98. The van der Waals surface area contributed by atoms with Gasteiger partial charge >= 0.3 is 6.18 Å². The zero-order valence-corrected chi connectivity index (χ0v) is 18.0. The van der Waals surface area contributed by atoms with Crippen LogP contribution in [0.2, 0.25) is 0 Å². The molecule has 0 unspecified atom stereocenters. The summed E-state index contributed by atoms with van der Waals surface area (Å²) in [6.45, 7) is 2.64. The molecule has 2 aliphatic rings. The molecule has 11 heteroatoms. The number of carbonyl (C=O) groups excluding carboxylic acids is 1. The molecule has 3 aromatic rings. The van der Waals surface area contributed by atoms with Gasteiger partial charge in [-0.1, -0.05) is 5.16 Å². The Morgan fingerprint density at radius 3 is 2.71 bits per heavy atom. The molecule has 0 N–H and O–H groups in total. The van der Waals surface area contributed by atoms with Crippen molar-refractivity contribution in [2.24, 2.45) is 4.99 Å². The molecule has 1 aromatic carbocycles. The van der Waals surface area contributed by atoms with E-state index in [4.69, 9.17) is 9.26 Å². The normalized spacial score (nSPS) is 15.9. The highest BCUT2D eigenvalue weighted by molar-refractivity contribution is 6.04. The van der Waals surface area contributed by atoms with Gasteiger partial charge in [-0.2, -0.15) is 13.2 Å². The number of halogens is 3. The topological polar surface area (TPSA) is 93.7 Å². The number of rotatable bonds is 6. The molecule has 1 fully saturated rings. The van der Waals surface area contributed by atoms with Gasteiger partial charge in [0, 0.05) is 44.5 Å². The Balaban J connectivity index is 1.21. The van der Waals surface area contributed by atoms with Gasteiger partial charge < -0.3 is 14.2 Å². The van der Waals surface area contributed by atoms with Crippen LogP contribution in [0.5, 0.6) is 0 Å². The Morgan fingerprint density at radius 2 is 1.91 bits per heavy atom. The zero-order chi connectivity index (χ0) is 23.7. The molecule has 0 atom stereocenters. The van der Waals surface area contributed by atoms with Crippen molar-refractivity contribution in [1.82, 2.24) is 15.1 Å². The second-order valence-electron chi connectivity index (χ2n) is 8.04. The van der Waals surface area contributed by atoms with Gasteiger partial charge in [-0.25, -0.2) is 15.0 Å². The number of benzene rings is 1. The average molecular weight is 471 g/mol. The van der Waals surface area contributed by atoms with Crippen LogP contribution < -0.4 is 4.90 Å². The van der Waals surface area contributed by atoms with Gasteiger partial charge in [0.2, 0.25) is 0 Å². The first kappa shape index (κ1) is 22.2. The molecular weight excluding hydrogens is 451 g/mol. The first-order chi connectivity index (χ1) is 16.4. The van der Waals surface area contributed by atoms with E-state index in [-0.39, 0.29) is 18.6 Å². The number of aliphatic imine (C=N–C) groups is 1. The van der Waals surface area contributed by atoms with Crippen molar-refractivity contribution in [2.45, 2.75) is 25.4 Å². The van der Waals surface area contributed by atoms with Crippen molar-refractivity contribution < 1.29 is 27.2 Å². The van der Waals surface area contributed by atoms with Crippen LogP contribution in [0, 0.1) is 0 Å². The molecule has 5 rings (SSSR count). The predicted molar refractivity (Wildman–Crippen MR) is 116 cm³/mol. The van der Waals surface area contributed by atoms with Crippen LogP contribution in [0.3, 0.4) is 0 Å². The molecule has 34 heavy (non-hydrogen) atoms. The standard InChI is InChI=1S/C23H20F3N5O3/c24-23(25,26)15-1-3-17-14(9-15)10-19(29-17)21-11-16(30-34-21)2-4-20(32)18-12-22(28-13-27-18)31-5-7-33-8-6-31/h1,3,9,11-13H,2,4-8,10H2. The van der Waals surface area contributed by atoms with Crippen molar-refractivity contribution >= 4 is 23.0 Å².